The van der Waals surface area contributed by atoms with Gasteiger partial charge in [0.05, 0.1) is 20.3 Å². The molecule has 4 nitrogen and oxygen atoms in total. The minimum atomic E-state index is -0.0346. The van der Waals surface area contributed by atoms with Crippen LogP contribution in [0.1, 0.15) is 41.8 Å². The van der Waals surface area contributed by atoms with Gasteiger partial charge < -0.3 is 14.4 Å². The molecule has 0 saturated carbocycles. The molecule has 0 bridgehead atoms. The molecule has 0 spiro atoms. The molecule has 1 aliphatic rings. The summed E-state index contributed by atoms with van der Waals surface area (Å²) in [5.41, 5.74) is 2.37. The molecular weight excluding hydrogens is 322 g/mol. The molecule has 2 aromatic rings. The maximum atomic E-state index is 12.7. The molecule has 24 heavy (non-hydrogen) atoms. The van der Waals surface area contributed by atoms with Crippen LogP contribution < -0.4 is 9.47 Å². The fraction of sp³-hybridized carbons (Fsp3) is 0.421. The number of ether oxygens (including phenoxy) is 2. The van der Waals surface area contributed by atoms with Gasteiger partial charge in [-0.15, -0.1) is 11.3 Å². The Bertz CT molecular complexity index is 712. The molecular formula is C19H23NO3S. The minimum absolute atomic E-state index is 0.0346. The van der Waals surface area contributed by atoms with Crippen molar-refractivity contribution in [1.82, 2.24) is 4.90 Å². The third-order valence-corrected chi connectivity index (χ3v) is 5.40. The molecule has 0 N–H and O–H groups in total. The second kappa shape index (κ2) is 7.26. The molecule has 0 saturated heterocycles. The van der Waals surface area contributed by atoms with E-state index in [0.717, 1.165) is 30.7 Å². The van der Waals surface area contributed by atoms with Crippen molar-refractivity contribution in [2.24, 2.45) is 0 Å². The summed E-state index contributed by atoms with van der Waals surface area (Å²) in [6.45, 7) is 2.79. The Hall–Kier alpha value is -2.01. The number of nitrogens with zero attached hydrogens (tertiary/aromatic N) is 1. The van der Waals surface area contributed by atoms with Gasteiger partial charge in [-0.1, -0.05) is 13.0 Å². The predicted molar refractivity (Wildman–Crippen MR) is 96.0 cm³/mol. The number of benzene rings is 1. The molecule has 5 heteroatoms. The van der Waals surface area contributed by atoms with Gasteiger partial charge in [0.1, 0.15) is 0 Å². The number of carbonyl (C=O) groups is 1. The fourth-order valence-electron chi connectivity index (χ4n) is 3.33. The molecule has 3 rings (SSSR count). The van der Waals surface area contributed by atoms with Crippen molar-refractivity contribution in [3.05, 3.63) is 45.6 Å². The van der Waals surface area contributed by atoms with Gasteiger partial charge in [0, 0.05) is 17.8 Å². The average Bonchev–Trinajstić information content (AvgIpc) is 3.13. The van der Waals surface area contributed by atoms with E-state index in [9.17, 15) is 4.79 Å². The molecule has 1 aliphatic heterocycles. The predicted octanol–water partition coefficient (Wildman–Crippen LogP) is 4.04. The zero-order valence-corrected chi connectivity index (χ0v) is 15.2. The van der Waals surface area contributed by atoms with E-state index in [4.69, 9.17) is 9.47 Å². The van der Waals surface area contributed by atoms with E-state index in [0.29, 0.717) is 12.2 Å². The summed E-state index contributed by atoms with van der Waals surface area (Å²) in [7, 11) is 3.30. The largest absolute Gasteiger partial charge is 0.493 e. The van der Waals surface area contributed by atoms with Crippen LogP contribution in [0, 0.1) is 0 Å². The van der Waals surface area contributed by atoms with Crippen LogP contribution in [0.4, 0.5) is 0 Å². The van der Waals surface area contributed by atoms with Gasteiger partial charge >= 0.3 is 0 Å². The molecule has 1 aromatic carbocycles. The number of rotatable bonds is 5. The van der Waals surface area contributed by atoms with E-state index < -0.39 is 0 Å². The van der Waals surface area contributed by atoms with Gasteiger partial charge in [0.15, 0.2) is 11.5 Å². The Balaban J connectivity index is 2.10. The van der Waals surface area contributed by atoms with Crippen molar-refractivity contribution in [2.45, 2.75) is 32.2 Å². The van der Waals surface area contributed by atoms with E-state index in [1.165, 1.54) is 10.4 Å². The summed E-state index contributed by atoms with van der Waals surface area (Å²) in [6.07, 6.45) is 2.29. The van der Waals surface area contributed by atoms with Crippen LogP contribution in [0.2, 0.25) is 0 Å². The van der Waals surface area contributed by atoms with Crippen LogP contribution in [-0.2, 0) is 11.2 Å². The number of hydrogen-bond acceptors (Lipinski definition) is 4. The highest BCUT2D eigenvalue weighted by atomic mass is 32.1. The number of methoxy groups -OCH3 is 2. The topological polar surface area (TPSA) is 38.8 Å². The Morgan fingerprint density at radius 2 is 2.04 bits per heavy atom. The summed E-state index contributed by atoms with van der Waals surface area (Å²) >= 11 is 1.69. The second-order valence-electron chi connectivity index (χ2n) is 5.91. The SMILES string of the molecule is CCCC(=O)N1CCc2cc(OC)c(OC)cc2[C@H]1c1cccs1. The lowest BCUT2D eigenvalue weighted by atomic mass is 9.90. The van der Waals surface area contributed by atoms with Crippen LogP contribution in [-0.4, -0.2) is 31.6 Å². The van der Waals surface area contributed by atoms with Crippen LogP contribution in [0.5, 0.6) is 11.5 Å². The third-order valence-electron chi connectivity index (χ3n) is 4.47. The van der Waals surface area contributed by atoms with E-state index >= 15 is 0 Å². The highest BCUT2D eigenvalue weighted by molar-refractivity contribution is 7.10. The van der Waals surface area contributed by atoms with E-state index in [1.54, 1.807) is 25.6 Å². The van der Waals surface area contributed by atoms with Gasteiger partial charge in [0.2, 0.25) is 5.91 Å². The third kappa shape index (κ3) is 3.00. The van der Waals surface area contributed by atoms with Crippen LogP contribution in [0.15, 0.2) is 29.6 Å². The lowest BCUT2D eigenvalue weighted by molar-refractivity contribution is -0.133. The fourth-order valence-corrected chi connectivity index (χ4v) is 4.18. The summed E-state index contributed by atoms with van der Waals surface area (Å²) in [5, 5.41) is 2.06. The zero-order chi connectivity index (χ0) is 17.1. The smallest absolute Gasteiger partial charge is 0.223 e. The first kappa shape index (κ1) is 16.8. The molecule has 0 aliphatic carbocycles. The first-order valence-corrected chi connectivity index (χ1v) is 9.15. The number of thiophene rings is 1. The zero-order valence-electron chi connectivity index (χ0n) is 14.4. The monoisotopic (exact) mass is 345 g/mol. The first-order valence-electron chi connectivity index (χ1n) is 8.27. The standard InChI is InChI=1S/C19H23NO3S/c1-4-6-18(21)20-9-8-13-11-15(22-2)16(23-3)12-14(13)19(20)17-7-5-10-24-17/h5,7,10-12,19H,4,6,8-9H2,1-3H3/t19-/m0/s1. The second-order valence-corrected chi connectivity index (χ2v) is 6.89. The molecule has 0 radical (unpaired) electrons. The summed E-state index contributed by atoms with van der Waals surface area (Å²) in [6, 6.07) is 8.19. The van der Waals surface area contributed by atoms with Crippen LogP contribution >= 0.6 is 11.3 Å². The lowest BCUT2D eigenvalue weighted by Crippen LogP contribution is -2.40. The number of amides is 1. The van der Waals surface area contributed by atoms with E-state index in [2.05, 4.69) is 17.5 Å². The lowest BCUT2D eigenvalue weighted by Gasteiger charge is -2.37. The molecule has 0 fully saturated rings. The summed E-state index contributed by atoms with van der Waals surface area (Å²) in [5.74, 6) is 1.67. The first-order chi connectivity index (χ1) is 11.7. The number of hydrogen-bond donors (Lipinski definition) is 0. The van der Waals surface area contributed by atoms with Crippen LogP contribution in [0.25, 0.3) is 0 Å². The minimum Gasteiger partial charge on any atom is -0.493 e. The van der Waals surface area contributed by atoms with Crippen molar-refractivity contribution in [1.29, 1.82) is 0 Å². The quantitative estimate of drug-likeness (QED) is 0.821. The van der Waals surface area contributed by atoms with Crippen molar-refractivity contribution in [3.63, 3.8) is 0 Å². The molecule has 128 valence electrons. The Morgan fingerprint density at radius 1 is 1.29 bits per heavy atom. The highest BCUT2D eigenvalue weighted by Gasteiger charge is 2.33. The summed E-state index contributed by atoms with van der Waals surface area (Å²) in [4.78, 5) is 15.9. The van der Waals surface area contributed by atoms with Crippen molar-refractivity contribution in [2.75, 3.05) is 20.8 Å². The molecule has 1 amide bonds. The molecule has 0 unspecified atom stereocenters. The number of carbonyl (C=O) groups excluding carboxylic acids is 1. The van der Waals surface area contributed by atoms with Crippen molar-refractivity contribution >= 4 is 17.2 Å². The highest BCUT2D eigenvalue weighted by Crippen LogP contribution is 2.42. The molecule has 1 aromatic heterocycles. The van der Waals surface area contributed by atoms with Gasteiger partial charge in [-0.2, -0.15) is 0 Å². The van der Waals surface area contributed by atoms with Gasteiger partial charge in [-0.05, 0) is 47.5 Å². The maximum absolute atomic E-state index is 12.7. The maximum Gasteiger partial charge on any atom is 0.223 e. The van der Waals surface area contributed by atoms with Crippen LogP contribution in [0.3, 0.4) is 0 Å². The average molecular weight is 345 g/mol. The Morgan fingerprint density at radius 3 is 2.67 bits per heavy atom. The van der Waals surface area contributed by atoms with Crippen molar-refractivity contribution < 1.29 is 14.3 Å². The van der Waals surface area contributed by atoms with Gasteiger partial charge in [0.25, 0.3) is 0 Å². The molecule has 1 atom stereocenters. The summed E-state index contributed by atoms with van der Waals surface area (Å²) < 4.78 is 10.9. The van der Waals surface area contributed by atoms with E-state index in [-0.39, 0.29) is 11.9 Å². The van der Waals surface area contributed by atoms with Crippen molar-refractivity contribution in [3.8, 4) is 11.5 Å². The van der Waals surface area contributed by atoms with Gasteiger partial charge in [-0.25, -0.2) is 0 Å². The number of fused-ring (bicyclic) bond motifs is 1. The normalized spacial score (nSPS) is 16.6. The van der Waals surface area contributed by atoms with E-state index in [1.807, 2.05) is 24.0 Å². The Kier molecular flexibility index (Phi) is 5.09. The molecule has 2 heterocycles. The Labute approximate surface area is 147 Å². The van der Waals surface area contributed by atoms with Gasteiger partial charge in [-0.3, -0.25) is 4.79 Å².